The second-order valence-electron chi connectivity index (χ2n) is 3.52. The van der Waals surface area contributed by atoms with Gasteiger partial charge in [-0.3, -0.25) is 0 Å². The highest BCUT2D eigenvalue weighted by atomic mass is 19.1. The minimum atomic E-state index is -0.798. The van der Waals surface area contributed by atoms with Crippen LogP contribution in [0.2, 0.25) is 0 Å². The number of halogens is 2. The number of hydrogen-bond acceptors (Lipinski definition) is 3. The summed E-state index contributed by atoms with van der Waals surface area (Å²) in [5, 5.41) is 0. The number of anilines is 1. The Hall–Kier alpha value is -2.17. The van der Waals surface area contributed by atoms with Crippen molar-refractivity contribution in [2.45, 2.75) is 6.92 Å². The van der Waals surface area contributed by atoms with Crippen molar-refractivity contribution in [2.24, 2.45) is 0 Å². The molecular formula is C12H10F2N2O. The molecule has 0 saturated carbocycles. The van der Waals surface area contributed by atoms with Crippen LogP contribution >= 0.6 is 0 Å². The smallest absolute Gasteiger partial charge is 0.243 e. The van der Waals surface area contributed by atoms with Gasteiger partial charge in [0.1, 0.15) is 5.82 Å². The first-order chi connectivity index (χ1) is 8.06. The normalized spacial score (nSPS) is 10.3. The number of ether oxygens (including phenoxy) is 1. The molecule has 0 fully saturated rings. The summed E-state index contributed by atoms with van der Waals surface area (Å²) in [6.07, 6.45) is 0. The Kier molecular flexibility index (Phi) is 2.91. The van der Waals surface area contributed by atoms with E-state index in [9.17, 15) is 8.78 Å². The number of aryl methyl sites for hydroxylation is 1. The zero-order valence-electron chi connectivity index (χ0n) is 9.08. The fourth-order valence-electron chi connectivity index (χ4n) is 1.29. The van der Waals surface area contributed by atoms with Crippen LogP contribution in [0.3, 0.4) is 0 Å². The number of aromatic nitrogens is 1. The first kappa shape index (κ1) is 11.3. The van der Waals surface area contributed by atoms with Crippen molar-refractivity contribution in [2.75, 3.05) is 5.73 Å². The van der Waals surface area contributed by atoms with Gasteiger partial charge in [-0.15, -0.1) is 0 Å². The van der Waals surface area contributed by atoms with E-state index in [2.05, 4.69) is 4.98 Å². The fourth-order valence-corrected chi connectivity index (χ4v) is 1.29. The highest BCUT2D eigenvalue weighted by molar-refractivity contribution is 5.50. The van der Waals surface area contributed by atoms with Gasteiger partial charge in [-0.1, -0.05) is 0 Å². The van der Waals surface area contributed by atoms with Crippen LogP contribution in [0.15, 0.2) is 30.3 Å². The molecule has 0 aliphatic heterocycles. The molecule has 17 heavy (non-hydrogen) atoms. The zero-order valence-corrected chi connectivity index (χ0v) is 9.08. The number of pyridine rings is 1. The van der Waals surface area contributed by atoms with Gasteiger partial charge in [-0.2, -0.15) is 0 Å². The molecule has 0 amide bonds. The van der Waals surface area contributed by atoms with Crippen molar-refractivity contribution in [1.82, 2.24) is 4.98 Å². The van der Waals surface area contributed by atoms with Crippen LogP contribution in [0, 0.1) is 18.6 Å². The van der Waals surface area contributed by atoms with Crippen LogP contribution in [0.25, 0.3) is 0 Å². The molecule has 0 unspecified atom stereocenters. The Morgan fingerprint density at radius 2 is 1.94 bits per heavy atom. The highest BCUT2D eigenvalue weighted by Crippen LogP contribution is 2.27. The SMILES string of the molecule is Cc1ccc(N)c(Oc2ccc(F)cc2F)n1. The molecule has 1 aromatic carbocycles. The molecule has 1 heterocycles. The Morgan fingerprint density at radius 3 is 2.65 bits per heavy atom. The maximum absolute atomic E-state index is 13.3. The second kappa shape index (κ2) is 4.37. The average Bonchev–Trinajstić information content (AvgIpc) is 2.27. The van der Waals surface area contributed by atoms with Crippen LogP contribution in [0.5, 0.6) is 11.6 Å². The van der Waals surface area contributed by atoms with E-state index in [1.54, 1.807) is 19.1 Å². The molecule has 2 aromatic rings. The minimum Gasteiger partial charge on any atom is -0.434 e. The van der Waals surface area contributed by atoms with Gasteiger partial charge in [0.25, 0.3) is 0 Å². The summed E-state index contributed by atoms with van der Waals surface area (Å²) in [5.74, 6) is -1.47. The summed E-state index contributed by atoms with van der Waals surface area (Å²) < 4.78 is 31.2. The van der Waals surface area contributed by atoms with Crippen molar-refractivity contribution in [3.8, 4) is 11.6 Å². The zero-order chi connectivity index (χ0) is 12.4. The third-order valence-corrected chi connectivity index (χ3v) is 2.13. The van der Waals surface area contributed by atoms with Gasteiger partial charge in [-0.05, 0) is 31.2 Å². The summed E-state index contributed by atoms with van der Waals surface area (Å²) in [6, 6.07) is 6.35. The Morgan fingerprint density at radius 1 is 1.18 bits per heavy atom. The third kappa shape index (κ3) is 2.50. The molecule has 0 atom stereocenters. The summed E-state index contributed by atoms with van der Waals surface area (Å²) >= 11 is 0. The van der Waals surface area contributed by atoms with E-state index in [0.29, 0.717) is 11.4 Å². The molecule has 0 aliphatic carbocycles. The number of nitrogen functional groups attached to an aromatic ring is 1. The van der Waals surface area contributed by atoms with Gasteiger partial charge in [0.2, 0.25) is 5.88 Å². The van der Waals surface area contributed by atoms with E-state index in [1.165, 1.54) is 6.07 Å². The standard InChI is InChI=1S/C12H10F2N2O/c1-7-2-4-10(15)12(16-7)17-11-5-3-8(13)6-9(11)14/h2-6H,15H2,1H3. The fraction of sp³-hybridized carbons (Fsp3) is 0.0833. The van der Waals surface area contributed by atoms with Gasteiger partial charge in [0.15, 0.2) is 11.6 Å². The maximum Gasteiger partial charge on any atom is 0.243 e. The summed E-state index contributed by atoms with van der Waals surface area (Å²) in [5.41, 5.74) is 6.62. The molecule has 0 saturated heterocycles. The molecule has 0 radical (unpaired) electrons. The molecule has 0 bridgehead atoms. The van der Waals surface area contributed by atoms with E-state index < -0.39 is 11.6 Å². The largest absolute Gasteiger partial charge is 0.434 e. The molecule has 3 nitrogen and oxygen atoms in total. The quantitative estimate of drug-likeness (QED) is 0.871. The van der Waals surface area contributed by atoms with Gasteiger partial charge < -0.3 is 10.5 Å². The lowest BCUT2D eigenvalue weighted by Crippen LogP contribution is -1.97. The number of nitrogens with two attached hydrogens (primary N) is 1. The van der Waals surface area contributed by atoms with E-state index >= 15 is 0 Å². The van der Waals surface area contributed by atoms with Crippen molar-refractivity contribution in [1.29, 1.82) is 0 Å². The number of nitrogens with zero attached hydrogens (tertiary/aromatic N) is 1. The molecule has 88 valence electrons. The summed E-state index contributed by atoms with van der Waals surface area (Å²) in [4.78, 5) is 4.02. The van der Waals surface area contributed by atoms with Crippen LogP contribution in [0.4, 0.5) is 14.5 Å². The van der Waals surface area contributed by atoms with Gasteiger partial charge in [-0.25, -0.2) is 13.8 Å². The third-order valence-electron chi connectivity index (χ3n) is 2.13. The first-order valence-electron chi connectivity index (χ1n) is 4.92. The minimum absolute atomic E-state index is 0.107. The summed E-state index contributed by atoms with van der Waals surface area (Å²) in [7, 11) is 0. The Balaban J connectivity index is 2.34. The molecule has 2 N–H and O–H groups in total. The van der Waals surface area contributed by atoms with E-state index in [4.69, 9.17) is 10.5 Å². The lowest BCUT2D eigenvalue weighted by molar-refractivity contribution is 0.425. The number of hydrogen-bond donors (Lipinski definition) is 1. The van der Waals surface area contributed by atoms with Gasteiger partial charge in [0.05, 0.1) is 5.69 Å². The van der Waals surface area contributed by atoms with Gasteiger partial charge in [0, 0.05) is 11.8 Å². The van der Waals surface area contributed by atoms with Crippen LogP contribution in [-0.4, -0.2) is 4.98 Å². The topological polar surface area (TPSA) is 48.1 Å². The molecule has 0 spiro atoms. The van der Waals surface area contributed by atoms with E-state index in [1.807, 2.05) is 0 Å². The molecule has 5 heteroatoms. The van der Waals surface area contributed by atoms with Crippen molar-refractivity contribution < 1.29 is 13.5 Å². The molecule has 1 aromatic heterocycles. The van der Waals surface area contributed by atoms with Crippen molar-refractivity contribution >= 4 is 5.69 Å². The Labute approximate surface area is 96.9 Å². The predicted molar refractivity (Wildman–Crippen MR) is 59.8 cm³/mol. The summed E-state index contributed by atoms with van der Waals surface area (Å²) in [6.45, 7) is 1.76. The maximum atomic E-state index is 13.3. The van der Waals surface area contributed by atoms with E-state index in [-0.39, 0.29) is 11.6 Å². The highest BCUT2D eigenvalue weighted by Gasteiger charge is 2.09. The molecule has 0 aliphatic rings. The lowest BCUT2D eigenvalue weighted by Gasteiger charge is -2.08. The first-order valence-corrected chi connectivity index (χ1v) is 4.92. The number of benzene rings is 1. The molecular weight excluding hydrogens is 226 g/mol. The lowest BCUT2D eigenvalue weighted by atomic mass is 10.3. The monoisotopic (exact) mass is 236 g/mol. The molecule has 2 rings (SSSR count). The van der Waals surface area contributed by atoms with Crippen LogP contribution in [0.1, 0.15) is 5.69 Å². The second-order valence-corrected chi connectivity index (χ2v) is 3.52. The average molecular weight is 236 g/mol. The van der Waals surface area contributed by atoms with Crippen molar-refractivity contribution in [3.05, 3.63) is 47.7 Å². The van der Waals surface area contributed by atoms with Crippen LogP contribution in [-0.2, 0) is 0 Å². The predicted octanol–water partition coefficient (Wildman–Crippen LogP) is 3.04. The van der Waals surface area contributed by atoms with E-state index in [0.717, 1.165) is 12.1 Å². The van der Waals surface area contributed by atoms with Crippen molar-refractivity contribution in [3.63, 3.8) is 0 Å². The number of rotatable bonds is 2. The Bertz CT molecular complexity index is 558. The van der Waals surface area contributed by atoms with Crippen LogP contribution < -0.4 is 10.5 Å². The van der Waals surface area contributed by atoms with Gasteiger partial charge >= 0.3 is 0 Å².